The van der Waals surface area contributed by atoms with Gasteiger partial charge in [0.1, 0.15) is 0 Å². The first-order chi connectivity index (χ1) is 5.35. The van der Waals surface area contributed by atoms with Crippen LogP contribution in [0.4, 0.5) is 0 Å². The SMILES string of the molecule is CCOCCC(CC)COC. The average molecular weight is 160 g/mol. The van der Waals surface area contributed by atoms with E-state index < -0.39 is 0 Å². The van der Waals surface area contributed by atoms with Gasteiger partial charge in [-0.3, -0.25) is 0 Å². The highest BCUT2D eigenvalue weighted by atomic mass is 16.5. The third-order valence-corrected chi connectivity index (χ3v) is 1.85. The van der Waals surface area contributed by atoms with Crippen LogP contribution in [-0.2, 0) is 9.47 Å². The molecule has 0 aliphatic carbocycles. The van der Waals surface area contributed by atoms with Gasteiger partial charge in [-0.2, -0.15) is 0 Å². The van der Waals surface area contributed by atoms with Crippen LogP contribution < -0.4 is 0 Å². The lowest BCUT2D eigenvalue weighted by Gasteiger charge is -2.12. The van der Waals surface area contributed by atoms with E-state index in [1.54, 1.807) is 7.11 Å². The van der Waals surface area contributed by atoms with Gasteiger partial charge in [0.05, 0.1) is 0 Å². The molecule has 0 aromatic heterocycles. The molecule has 0 heterocycles. The smallest absolute Gasteiger partial charge is 0.0491 e. The molecule has 0 amide bonds. The van der Waals surface area contributed by atoms with Crippen LogP contribution in [0.3, 0.4) is 0 Å². The lowest BCUT2D eigenvalue weighted by molar-refractivity contribution is 0.0977. The van der Waals surface area contributed by atoms with Gasteiger partial charge in [0.15, 0.2) is 0 Å². The van der Waals surface area contributed by atoms with Crippen molar-refractivity contribution >= 4 is 0 Å². The lowest BCUT2D eigenvalue weighted by atomic mass is 10.0. The summed E-state index contributed by atoms with van der Waals surface area (Å²) in [5.41, 5.74) is 0. The maximum Gasteiger partial charge on any atom is 0.0491 e. The standard InChI is InChI=1S/C9H20O2/c1-4-9(8-10-3)6-7-11-5-2/h9H,4-8H2,1-3H3. The van der Waals surface area contributed by atoms with Crippen molar-refractivity contribution < 1.29 is 9.47 Å². The summed E-state index contributed by atoms with van der Waals surface area (Å²) in [6, 6.07) is 0. The zero-order valence-corrected chi connectivity index (χ0v) is 7.93. The molecule has 1 atom stereocenters. The Morgan fingerprint density at radius 3 is 2.45 bits per heavy atom. The molecule has 1 unspecified atom stereocenters. The van der Waals surface area contributed by atoms with Crippen molar-refractivity contribution in [1.29, 1.82) is 0 Å². The zero-order valence-electron chi connectivity index (χ0n) is 7.93. The monoisotopic (exact) mass is 160 g/mol. The van der Waals surface area contributed by atoms with Crippen molar-refractivity contribution in [2.75, 3.05) is 26.9 Å². The summed E-state index contributed by atoms with van der Waals surface area (Å²) < 4.78 is 10.3. The van der Waals surface area contributed by atoms with E-state index in [9.17, 15) is 0 Å². The topological polar surface area (TPSA) is 18.5 Å². The maximum absolute atomic E-state index is 5.26. The Morgan fingerprint density at radius 1 is 1.27 bits per heavy atom. The maximum atomic E-state index is 5.26. The highest BCUT2D eigenvalue weighted by Crippen LogP contribution is 2.07. The van der Waals surface area contributed by atoms with Crippen LogP contribution in [-0.4, -0.2) is 26.9 Å². The fourth-order valence-electron chi connectivity index (χ4n) is 1.04. The molecule has 0 rings (SSSR count). The second-order valence-corrected chi connectivity index (χ2v) is 2.72. The molecule has 0 radical (unpaired) electrons. The number of ether oxygens (including phenoxy) is 2. The first kappa shape index (κ1) is 10.9. The molecule has 0 spiro atoms. The van der Waals surface area contributed by atoms with Crippen LogP contribution in [0.5, 0.6) is 0 Å². The van der Waals surface area contributed by atoms with Gasteiger partial charge >= 0.3 is 0 Å². The Bertz CT molecular complexity index is 74.0. The van der Waals surface area contributed by atoms with Gasteiger partial charge in [-0.1, -0.05) is 13.3 Å². The van der Waals surface area contributed by atoms with Gasteiger partial charge < -0.3 is 9.47 Å². The molecule has 68 valence electrons. The van der Waals surface area contributed by atoms with Gasteiger partial charge in [0.25, 0.3) is 0 Å². The molecule has 0 fully saturated rings. The summed E-state index contributed by atoms with van der Waals surface area (Å²) in [7, 11) is 1.75. The molecule has 2 nitrogen and oxygen atoms in total. The fourth-order valence-corrected chi connectivity index (χ4v) is 1.04. The third-order valence-electron chi connectivity index (χ3n) is 1.85. The lowest BCUT2D eigenvalue weighted by Crippen LogP contribution is -2.10. The second kappa shape index (κ2) is 8.02. The Hall–Kier alpha value is -0.0800. The Balaban J connectivity index is 3.20. The summed E-state index contributed by atoms with van der Waals surface area (Å²) in [6.45, 7) is 6.78. The van der Waals surface area contributed by atoms with Crippen LogP contribution in [0.25, 0.3) is 0 Å². The van der Waals surface area contributed by atoms with Crippen LogP contribution in [0, 0.1) is 5.92 Å². The Morgan fingerprint density at radius 2 is 2.00 bits per heavy atom. The third kappa shape index (κ3) is 6.32. The zero-order chi connectivity index (χ0) is 8.53. The summed E-state index contributed by atoms with van der Waals surface area (Å²) in [6.07, 6.45) is 2.30. The van der Waals surface area contributed by atoms with Gasteiger partial charge in [0, 0.05) is 26.9 Å². The Kier molecular flexibility index (Phi) is 7.96. The van der Waals surface area contributed by atoms with E-state index in [4.69, 9.17) is 9.47 Å². The molecule has 0 aromatic carbocycles. The molecular formula is C9H20O2. The van der Waals surface area contributed by atoms with E-state index in [0.29, 0.717) is 5.92 Å². The summed E-state index contributed by atoms with van der Waals surface area (Å²) >= 11 is 0. The van der Waals surface area contributed by atoms with Gasteiger partial charge in [0.2, 0.25) is 0 Å². The molecule has 0 aromatic rings. The van der Waals surface area contributed by atoms with E-state index in [2.05, 4.69) is 6.92 Å². The van der Waals surface area contributed by atoms with Crippen molar-refractivity contribution in [3.63, 3.8) is 0 Å². The summed E-state index contributed by atoms with van der Waals surface area (Å²) in [4.78, 5) is 0. The highest BCUT2D eigenvalue weighted by molar-refractivity contribution is 4.54. The number of rotatable bonds is 7. The molecule has 0 saturated heterocycles. The van der Waals surface area contributed by atoms with Crippen LogP contribution in [0.15, 0.2) is 0 Å². The summed E-state index contributed by atoms with van der Waals surface area (Å²) in [5, 5.41) is 0. The first-order valence-corrected chi connectivity index (χ1v) is 4.41. The van der Waals surface area contributed by atoms with E-state index in [1.165, 1.54) is 6.42 Å². The van der Waals surface area contributed by atoms with Gasteiger partial charge in [-0.05, 0) is 19.3 Å². The fraction of sp³-hybridized carbons (Fsp3) is 1.00. The number of hydrogen-bond donors (Lipinski definition) is 0. The molecule has 0 aliphatic rings. The van der Waals surface area contributed by atoms with E-state index in [1.807, 2.05) is 6.92 Å². The second-order valence-electron chi connectivity index (χ2n) is 2.72. The normalized spacial score (nSPS) is 13.4. The number of methoxy groups -OCH3 is 1. The number of hydrogen-bond acceptors (Lipinski definition) is 2. The Labute approximate surface area is 69.9 Å². The molecule has 2 heteroatoms. The molecule has 0 bridgehead atoms. The van der Waals surface area contributed by atoms with Crippen LogP contribution in [0.1, 0.15) is 26.7 Å². The molecule has 0 aliphatic heterocycles. The highest BCUT2D eigenvalue weighted by Gasteiger charge is 2.04. The van der Waals surface area contributed by atoms with Crippen molar-refractivity contribution in [1.82, 2.24) is 0 Å². The van der Waals surface area contributed by atoms with E-state index in [0.717, 1.165) is 26.2 Å². The van der Waals surface area contributed by atoms with E-state index >= 15 is 0 Å². The van der Waals surface area contributed by atoms with E-state index in [-0.39, 0.29) is 0 Å². The molecule has 0 saturated carbocycles. The van der Waals surface area contributed by atoms with Gasteiger partial charge in [-0.25, -0.2) is 0 Å². The largest absolute Gasteiger partial charge is 0.384 e. The van der Waals surface area contributed by atoms with Gasteiger partial charge in [-0.15, -0.1) is 0 Å². The molecular weight excluding hydrogens is 140 g/mol. The van der Waals surface area contributed by atoms with Crippen LogP contribution in [0.2, 0.25) is 0 Å². The van der Waals surface area contributed by atoms with Crippen molar-refractivity contribution in [3.05, 3.63) is 0 Å². The minimum atomic E-state index is 0.673. The predicted octanol–water partition coefficient (Wildman–Crippen LogP) is 2.09. The minimum Gasteiger partial charge on any atom is -0.384 e. The quantitative estimate of drug-likeness (QED) is 0.531. The minimum absolute atomic E-state index is 0.673. The molecule has 0 N–H and O–H groups in total. The van der Waals surface area contributed by atoms with Crippen molar-refractivity contribution in [3.8, 4) is 0 Å². The predicted molar refractivity (Wildman–Crippen MR) is 46.8 cm³/mol. The van der Waals surface area contributed by atoms with Crippen molar-refractivity contribution in [2.24, 2.45) is 5.92 Å². The van der Waals surface area contributed by atoms with Crippen LogP contribution >= 0.6 is 0 Å². The average Bonchev–Trinajstić information content (AvgIpc) is 2.03. The molecule has 11 heavy (non-hydrogen) atoms. The van der Waals surface area contributed by atoms with Crippen molar-refractivity contribution in [2.45, 2.75) is 26.7 Å². The first-order valence-electron chi connectivity index (χ1n) is 4.41. The summed E-state index contributed by atoms with van der Waals surface area (Å²) in [5.74, 6) is 0.673.